The molecule has 2 aliphatic rings. The van der Waals surface area contributed by atoms with E-state index in [1.54, 1.807) is 18.4 Å². The Labute approximate surface area is 141 Å². The number of carbonyl (C=O) groups excluding carboxylic acids is 2. The second-order valence-electron chi connectivity index (χ2n) is 6.58. The van der Waals surface area contributed by atoms with Crippen LogP contribution in [0.25, 0.3) is 0 Å². The number of thiophene rings is 1. The van der Waals surface area contributed by atoms with Gasteiger partial charge in [0, 0.05) is 43.5 Å². The van der Waals surface area contributed by atoms with Crippen LogP contribution in [0.3, 0.4) is 0 Å². The van der Waals surface area contributed by atoms with Crippen LogP contribution in [-0.4, -0.2) is 50.1 Å². The number of likely N-dealkylation sites (tertiary alicyclic amines) is 1. The molecule has 1 aliphatic carbocycles. The van der Waals surface area contributed by atoms with E-state index in [0.717, 1.165) is 37.8 Å². The molecule has 1 saturated heterocycles. The molecule has 1 N–H and O–H groups in total. The first kappa shape index (κ1) is 16.5. The summed E-state index contributed by atoms with van der Waals surface area (Å²) in [5.74, 6) is 0.262. The summed E-state index contributed by atoms with van der Waals surface area (Å²) in [7, 11) is 1.63. The molecule has 2 heterocycles. The molecule has 0 bridgehead atoms. The Morgan fingerprint density at radius 1 is 1.48 bits per heavy atom. The molecule has 2 atom stereocenters. The van der Waals surface area contributed by atoms with Gasteiger partial charge in [-0.3, -0.25) is 9.59 Å². The monoisotopic (exact) mass is 336 g/mol. The van der Waals surface area contributed by atoms with E-state index in [2.05, 4.69) is 5.32 Å². The molecule has 23 heavy (non-hydrogen) atoms. The molecule has 2 amide bonds. The SMILES string of the molecule is COCCNC(=O)[C@H]1CCC[C@]12CCN(C(=O)c1ccsc1)C2. The minimum absolute atomic E-state index is 0.0250. The predicted octanol–water partition coefficient (Wildman–Crippen LogP) is 2.14. The second-order valence-corrected chi connectivity index (χ2v) is 7.36. The predicted molar refractivity (Wildman–Crippen MR) is 89.5 cm³/mol. The smallest absolute Gasteiger partial charge is 0.254 e. The van der Waals surface area contributed by atoms with E-state index >= 15 is 0 Å². The minimum atomic E-state index is -0.0250. The molecule has 6 heteroatoms. The number of methoxy groups -OCH3 is 1. The average Bonchev–Trinajstić information content (AvgIpc) is 3.28. The molecule has 1 spiro atoms. The van der Waals surface area contributed by atoms with Crippen LogP contribution >= 0.6 is 11.3 Å². The minimum Gasteiger partial charge on any atom is -0.383 e. The summed E-state index contributed by atoms with van der Waals surface area (Å²) in [6.45, 7) is 2.56. The number of nitrogens with one attached hydrogen (secondary N) is 1. The highest BCUT2D eigenvalue weighted by atomic mass is 32.1. The number of amides is 2. The summed E-state index contributed by atoms with van der Waals surface area (Å²) >= 11 is 1.54. The lowest BCUT2D eigenvalue weighted by Gasteiger charge is -2.30. The maximum absolute atomic E-state index is 12.6. The Kier molecular flexibility index (Phi) is 5.02. The number of hydrogen-bond acceptors (Lipinski definition) is 4. The third-order valence-electron chi connectivity index (χ3n) is 5.27. The molecule has 1 aromatic heterocycles. The van der Waals surface area contributed by atoms with Crippen molar-refractivity contribution in [3.63, 3.8) is 0 Å². The van der Waals surface area contributed by atoms with E-state index in [0.29, 0.717) is 19.7 Å². The van der Waals surface area contributed by atoms with Crippen LogP contribution in [-0.2, 0) is 9.53 Å². The molecule has 0 radical (unpaired) electrons. The van der Waals surface area contributed by atoms with E-state index in [9.17, 15) is 9.59 Å². The average molecular weight is 336 g/mol. The van der Waals surface area contributed by atoms with Crippen LogP contribution in [0, 0.1) is 11.3 Å². The van der Waals surface area contributed by atoms with Crippen LogP contribution in [0.4, 0.5) is 0 Å². The van der Waals surface area contributed by atoms with Crippen molar-refractivity contribution in [1.29, 1.82) is 0 Å². The van der Waals surface area contributed by atoms with Gasteiger partial charge in [0.1, 0.15) is 0 Å². The number of ether oxygens (including phenoxy) is 1. The van der Waals surface area contributed by atoms with E-state index in [1.165, 1.54) is 0 Å². The summed E-state index contributed by atoms with van der Waals surface area (Å²) in [5, 5.41) is 6.81. The summed E-state index contributed by atoms with van der Waals surface area (Å²) in [6.07, 6.45) is 3.98. The molecule has 5 nitrogen and oxygen atoms in total. The van der Waals surface area contributed by atoms with Gasteiger partial charge in [-0.15, -0.1) is 0 Å². The fraction of sp³-hybridized carbons (Fsp3) is 0.647. The second kappa shape index (κ2) is 7.01. The molecule has 1 saturated carbocycles. The largest absolute Gasteiger partial charge is 0.383 e. The van der Waals surface area contributed by atoms with Gasteiger partial charge < -0.3 is 15.0 Å². The first-order valence-corrected chi connectivity index (χ1v) is 9.19. The van der Waals surface area contributed by atoms with Gasteiger partial charge in [-0.1, -0.05) is 6.42 Å². The summed E-state index contributed by atoms with van der Waals surface area (Å²) in [6, 6.07) is 1.88. The van der Waals surface area contributed by atoms with Crippen molar-refractivity contribution in [2.24, 2.45) is 11.3 Å². The molecule has 0 aromatic carbocycles. The van der Waals surface area contributed by atoms with Gasteiger partial charge in [0.2, 0.25) is 5.91 Å². The Morgan fingerprint density at radius 3 is 3.09 bits per heavy atom. The molecule has 126 valence electrons. The van der Waals surface area contributed by atoms with Gasteiger partial charge in [0.15, 0.2) is 0 Å². The fourth-order valence-electron chi connectivity index (χ4n) is 4.07. The summed E-state index contributed by atoms with van der Waals surface area (Å²) in [4.78, 5) is 27.0. The Hall–Kier alpha value is -1.40. The van der Waals surface area contributed by atoms with Crippen molar-refractivity contribution in [3.05, 3.63) is 22.4 Å². The molecule has 1 aliphatic heterocycles. The van der Waals surface area contributed by atoms with E-state index in [4.69, 9.17) is 4.74 Å². The summed E-state index contributed by atoms with van der Waals surface area (Å²) < 4.78 is 5.00. The zero-order valence-electron chi connectivity index (χ0n) is 13.5. The maximum Gasteiger partial charge on any atom is 0.254 e. The fourth-order valence-corrected chi connectivity index (χ4v) is 4.70. The van der Waals surface area contributed by atoms with Crippen LogP contribution in [0.15, 0.2) is 16.8 Å². The first-order valence-electron chi connectivity index (χ1n) is 8.24. The standard InChI is InChI=1S/C17H24N2O3S/c1-22-9-7-18-15(20)14-3-2-5-17(14)6-8-19(12-17)16(21)13-4-10-23-11-13/h4,10-11,14H,2-3,5-9,12H2,1H3,(H,18,20)/t14-,17-/m1/s1. The maximum atomic E-state index is 12.6. The zero-order valence-corrected chi connectivity index (χ0v) is 14.4. The van der Waals surface area contributed by atoms with E-state index in [-0.39, 0.29) is 23.1 Å². The van der Waals surface area contributed by atoms with Crippen molar-refractivity contribution in [2.45, 2.75) is 25.7 Å². The molecule has 0 unspecified atom stereocenters. The van der Waals surface area contributed by atoms with Gasteiger partial charge in [-0.2, -0.15) is 11.3 Å². The highest BCUT2D eigenvalue weighted by Gasteiger charge is 2.51. The van der Waals surface area contributed by atoms with Crippen molar-refractivity contribution >= 4 is 23.2 Å². The van der Waals surface area contributed by atoms with Gasteiger partial charge in [-0.05, 0) is 30.7 Å². The molecular formula is C17H24N2O3S. The van der Waals surface area contributed by atoms with Crippen LogP contribution in [0.5, 0.6) is 0 Å². The highest BCUT2D eigenvalue weighted by molar-refractivity contribution is 7.08. The third-order valence-corrected chi connectivity index (χ3v) is 5.95. The topological polar surface area (TPSA) is 58.6 Å². The van der Waals surface area contributed by atoms with Gasteiger partial charge in [-0.25, -0.2) is 0 Å². The van der Waals surface area contributed by atoms with Crippen molar-refractivity contribution in [1.82, 2.24) is 10.2 Å². The lowest BCUT2D eigenvalue weighted by molar-refractivity contribution is -0.128. The van der Waals surface area contributed by atoms with Crippen molar-refractivity contribution < 1.29 is 14.3 Å². The Morgan fingerprint density at radius 2 is 2.35 bits per heavy atom. The van der Waals surface area contributed by atoms with Gasteiger partial charge in [0.05, 0.1) is 12.2 Å². The van der Waals surface area contributed by atoms with Crippen molar-refractivity contribution in [2.75, 3.05) is 33.4 Å². The molecule has 1 aromatic rings. The molecular weight excluding hydrogens is 312 g/mol. The number of rotatable bonds is 5. The zero-order chi connectivity index (χ0) is 16.3. The lowest BCUT2D eigenvalue weighted by Crippen LogP contribution is -2.42. The molecule has 2 fully saturated rings. The van der Waals surface area contributed by atoms with Crippen LogP contribution in [0.2, 0.25) is 0 Å². The quantitative estimate of drug-likeness (QED) is 0.838. The molecule has 3 rings (SSSR count). The number of hydrogen-bond donors (Lipinski definition) is 1. The number of carbonyl (C=O) groups is 2. The summed E-state index contributed by atoms with van der Waals surface area (Å²) in [5.41, 5.74) is 0.745. The van der Waals surface area contributed by atoms with Gasteiger partial charge >= 0.3 is 0 Å². The Balaban J connectivity index is 1.65. The first-order chi connectivity index (χ1) is 11.2. The number of nitrogens with zero attached hydrogens (tertiary/aromatic N) is 1. The van der Waals surface area contributed by atoms with Crippen molar-refractivity contribution in [3.8, 4) is 0 Å². The van der Waals surface area contributed by atoms with E-state index in [1.807, 2.05) is 21.7 Å². The lowest BCUT2D eigenvalue weighted by atomic mass is 9.76. The van der Waals surface area contributed by atoms with Gasteiger partial charge in [0.25, 0.3) is 5.91 Å². The van der Waals surface area contributed by atoms with Crippen LogP contribution in [0.1, 0.15) is 36.0 Å². The normalized spacial score (nSPS) is 26.8. The van der Waals surface area contributed by atoms with E-state index < -0.39 is 0 Å². The third kappa shape index (κ3) is 3.28. The highest BCUT2D eigenvalue weighted by Crippen LogP contribution is 2.50. The Bertz CT molecular complexity index is 560. The van der Waals surface area contributed by atoms with Crippen LogP contribution < -0.4 is 5.32 Å².